The highest BCUT2D eigenvalue weighted by Gasteiger charge is 2.66. The van der Waals surface area contributed by atoms with Gasteiger partial charge in [-0.15, -0.1) is 0 Å². The Morgan fingerprint density at radius 3 is 2.23 bits per heavy atom. The van der Waals surface area contributed by atoms with E-state index in [0.717, 1.165) is 0 Å². The number of rotatable bonds is 0. The monoisotopic (exact) mass is 498 g/mol. The normalized spacial score (nSPS) is 41.4. The summed E-state index contributed by atoms with van der Waals surface area (Å²) in [5.41, 5.74) is 30.5. The Balaban J connectivity index is 1.32. The molecule has 178 valence electrons. The molecule has 0 heteroatoms. The first-order chi connectivity index (χ1) is 19.9. The average molecular weight is 499 g/mol. The third kappa shape index (κ3) is 1.12. The zero-order valence-electron chi connectivity index (χ0n) is 21.4. The van der Waals surface area contributed by atoms with Crippen molar-refractivity contribution in [1.29, 1.82) is 0 Å². The molecule has 0 bridgehead atoms. The summed E-state index contributed by atoms with van der Waals surface area (Å²) in [6, 6.07) is 5.08. The molecule has 0 saturated heterocycles. The van der Waals surface area contributed by atoms with Crippen LogP contribution in [-0.4, -0.2) is 0 Å². The molecule has 8 unspecified atom stereocenters. The highest BCUT2D eigenvalue weighted by atomic mass is 14.7. The van der Waals surface area contributed by atoms with E-state index >= 15 is 0 Å². The van der Waals surface area contributed by atoms with Gasteiger partial charge in [-0.05, 0) is 133 Å². The molecular weight excluding hydrogens is 480 g/mol. The summed E-state index contributed by atoms with van der Waals surface area (Å²) in [6.07, 6.45) is 20.7. The number of benzene rings is 2. The van der Waals surface area contributed by atoms with Crippen LogP contribution in [0.5, 0.6) is 0 Å². The Labute approximate surface area is 229 Å². The summed E-state index contributed by atoms with van der Waals surface area (Å²) in [4.78, 5) is 0. The Morgan fingerprint density at radius 2 is 1.30 bits per heavy atom. The van der Waals surface area contributed by atoms with Crippen LogP contribution in [0.1, 0.15) is 40.0 Å². The first-order valence-electron chi connectivity index (χ1n) is 15.5. The Bertz CT molecular complexity index is 2600. The second kappa shape index (κ2) is 4.34. The van der Waals surface area contributed by atoms with Crippen molar-refractivity contribution in [3.05, 3.63) is 155 Å². The van der Waals surface area contributed by atoms with E-state index in [2.05, 4.69) is 60.7 Å². The fourth-order valence-corrected chi connectivity index (χ4v) is 13.8. The lowest BCUT2D eigenvalue weighted by Gasteiger charge is -2.41. The smallest absolute Gasteiger partial charge is 0.0218 e. The molecule has 14 aliphatic rings. The topological polar surface area (TPSA) is 0 Å². The average Bonchev–Trinajstić information content (AvgIpc) is 3.79. The zero-order valence-corrected chi connectivity index (χ0v) is 21.4. The number of hydrogen-bond acceptors (Lipinski definition) is 0. The number of allylic oxidation sites excluding steroid dienone is 20. The van der Waals surface area contributed by atoms with Gasteiger partial charge in [-0.25, -0.2) is 0 Å². The van der Waals surface area contributed by atoms with Gasteiger partial charge in [0, 0.05) is 35.5 Å². The first kappa shape index (κ1) is 16.8. The summed E-state index contributed by atoms with van der Waals surface area (Å²) in [5, 5.41) is 6.59. The van der Waals surface area contributed by atoms with E-state index in [1.54, 1.807) is 116 Å². The van der Waals surface area contributed by atoms with Crippen molar-refractivity contribution in [1.82, 2.24) is 0 Å². The molecule has 14 aliphatic carbocycles. The minimum absolute atomic E-state index is 0.492. The Morgan fingerprint density at radius 1 is 0.500 bits per heavy atom. The van der Waals surface area contributed by atoms with Gasteiger partial charge in [0.05, 0.1) is 0 Å². The molecule has 8 atom stereocenters. The van der Waals surface area contributed by atoms with Crippen molar-refractivity contribution >= 4 is 27.5 Å². The van der Waals surface area contributed by atoms with Crippen molar-refractivity contribution < 1.29 is 0 Å². The molecule has 0 aromatic heterocycles. The van der Waals surface area contributed by atoms with Crippen LogP contribution in [0.3, 0.4) is 0 Å². The molecule has 0 N–H and O–H groups in total. The molecule has 0 nitrogen and oxygen atoms in total. The molecule has 0 amide bonds. The van der Waals surface area contributed by atoms with Gasteiger partial charge in [0.2, 0.25) is 0 Å². The summed E-state index contributed by atoms with van der Waals surface area (Å²) in [6.45, 7) is 0. The SMILES string of the molecule is C1=CC2C3C4=C5C6=c7c8c9c%10c(ccc%11c%10c7C7C=%11C=CC(=C14)C57)C1C=CC4=C(C5=C8C6=C3C3C5=C4C=CC32)C91. The van der Waals surface area contributed by atoms with Crippen molar-refractivity contribution in [3.8, 4) is 0 Å². The second-order valence-electron chi connectivity index (χ2n) is 14.8. The van der Waals surface area contributed by atoms with E-state index in [9.17, 15) is 0 Å². The standard InChI is InChI=1S/C40H18/c1-2-12-14-5-6-16-18-9-10-20-19-8-7-17-15-4-3-13-11(1)21-22(12)32-24(14)26(16)34-29(18)30(20)35-28(19)27(17)33-25(15)23(13)31(21)36-37(32)39(34)40(35)38(33)36/h1-11,13,16,21,23,26-28H. The van der Waals surface area contributed by atoms with E-state index in [0.29, 0.717) is 47.3 Å². The van der Waals surface area contributed by atoms with E-state index in [4.69, 9.17) is 0 Å². The minimum Gasteiger partial charge on any atom is -0.0792 e. The van der Waals surface area contributed by atoms with Gasteiger partial charge in [-0.3, -0.25) is 0 Å². The van der Waals surface area contributed by atoms with Gasteiger partial charge in [-0.1, -0.05) is 60.7 Å². The predicted molar refractivity (Wildman–Crippen MR) is 154 cm³/mol. The van der Waals surface area contributed by atoms with E-state index in [1.807, 2.05) is 5.57 Å². The molecule has 2 aromatic rings. The quantitative estimate of drug-likeness (QED) is 0.410. The highest BCUT2D eigenvalue weighted by Crippen LogP contribution is 2.78. The third-order valence-corrected chi connectivity index (χ3v) is 14.3. The molecule has 0 aliphatic heterocycles. The lowest BCUT2D eigenvalue weighted by atomic mass is 9.61. The van der Waals surface area contributed by atoms with Gasteiger partial charge >= 0.3 is 0 Å². The Kier molecular flexibility index (Phi) is 1.83. The fraction of sp³-hybridized carbons (Fsp3) is 0.200. The highest BCUT2D eigenvalue weighted by molar-refractivity contribution is 6.20. The van der Waals surface area contributed by atoms with E-state index in [1.165, 1.54) is 0 Å². The van der Waals surface area contributed by atoms with Crippen molar-refractivity contribution in [2.45, 2.75) is 17.8 Å². The van der Waals surface area contributed by atoms with E-state index in [-0.39, 0.29) is 0 Å². The summed E-state index contributed by atoms with van der Waals surface area (Å²) in [5.74, 6) is 4.38. The lowest BCUT2D eigenvalue weighted by molar-refractivity contribution is 0.443. The molecule has 40 heavy (non-hydrogen) atoms. The second-order valence-corrected chi connectivity index (χ2v) is 14.8. The van der Waals surface area contributed by atoms with Crippen LogP contribution < -0.4 is 10.4 Å². The van der Waals surface area contributed by atoms with Crippen LogP contribution in [0.15, 0.2) is 122 Å². The molecule has 1 fully saturated rings. The van der Waals surface area contributed by atoms with Crippen LogP contribution in [0, 0.1) is 29.6 Å². The van der Waals surface area contributed by atoms with Crippen LogP contribution in [0.2, 0.25) is 0 Å². The van der Waals surface area contributed by atoms with Crippen LogP contribution >= 0.6 is 0 Å². The minimum atomic E-state index is 0.492. The number of hydrogen-bond donors (Lipinski definition) is 0. The van der Waals surface area contributed by atoms with Crippen molar-refractivity contribution in [3.63, 3.8) is 0 Å². The van der Waals surface area contributed by atoms with E-state index < -0.39 is 0 Å². The first-order valence-corrected chi connectivity index (χ1v) is 15.5. The molecule has 1 saturated carbocycles. The number of fused-ring (bicyclic) bond motifs is 3. The van der Waals surface area contributed by atoms with Gasteiger partial charge in [-0.2, -0.15) is 0 Å². The van der Waals surface area contributed by atoms with Gasteiger partial charge in [0.1, 0.15) is 0 Å². The van der Waals surface area contributed by atoms with Gasteiger partial charge < -0.3 is 0 Å². The largest absolute Gasteiger partial charge is 0.0792 e. The van der Waals surface area contributed by atoms with Crippen LogP contribution in [0.25, 0.3) is 27.5 Å². The molecule has 0 spiro atoms. The third-order valence-electron chi connectivity index (χ3n) is 14.3. The lowest BCUT2D eigenvalue weighted by Crippen LogP contribution is -2.32. The molecule has 0 heterocycles. The molecule has 16 rings (SSSR count). The predicted octanol–water partition coefficient (Wildman–Crippen LogP) is 6.12. The van der Waals surface area contributed by atoms with Crippen molar-refractivity contribution in [2.24, 2.45) is 29.6 Å². The molecule has 0 radical (unpaired) electrons. The van der Waals surface area contributed by atoms with Gasteiger partial charge in [0.25, 0.3) is 0 Å². The van der Waals surface area contributed by atoms with Crippen molar-refractivity contribution in [2.75, 3.05) is 0 Å². The fourth-order valence-electron chi connectivity index (χ4n) is 13.8. The maximum absolute atomic E-state index is 2.66. The summed E-state index contributed by atoms with van der Waals surface area (Å²) >= 11 is 0. The van der Waals surface area contributed by atoms with Crippen LogP contribution in [-0.2, 0) is 0 Å². The zero-order chi connectivity index (χ0) is 24.4. The molecule has 2 aromatic carbocycles. The van der Waals surface area contributed by atoms with Gasteiger partial charge in [0.15, 0.2) is 0 Å². The summed E-state index contributed by atoms with van der Waals surface area (Å²) in [7, 11) is 0. The molecular formula is C40H18. The summed E-state index contributed by atoms with van der Waals surface area (Å²) < 4.78 is 0. The maximum atomic E-state index is 2.66. The Hall–Kier alpha value is -4.16. The van der Waals surface area contributed by atoms with Crippen LogP contribution in [0.4, 0.5) is 0 Å². The maximum Gasteiger partial charge on any atom is 0.0218 e.